The van der Waals surface area contributed by atoms with Gasteiger partial charge in [0.2, 0.25) is 0 Å². The molecule has 3 aromatic rings. The van der Waals surface area contributed by atoms with Gasteiger partial charge in [-0.15, -0.1) is 0 Å². The van der Waals surface area contributed by atoms with Gasteiger partial charge in [0.1, 0.15) is 23.9 Å². The number of nitrogens with zero attached hydrogens (tertiary/aromatic N) is 2. The second-order valence-corrected chi connectivity index (χ2v) is 11.1. The number of nitrogen functional groups attached to an aromatic ring is 1. The molecule has 0 spiro atoms. The van der Waals surface area contributed by atoms with Crippen LogP contribution in [0, 0.1) is 11.3 Å². The summed E-state index contributed by atoms with van der Waals surface area (Å²) in [4.78, 5) is 47.0. The summed E-state index contributed by atoms with van der Waals surface area (Å²) in [7, 11) is 1.49. The fourth-order valence-electron chi connectivity index (χ4n) is 5.04. The van der Waals surface area contributed by atoms with Crippen LogP contribution >= 0.6 is 0 Å². The van der Waals surface area contributed by atoms with Gasteiger partial charge in [-0.05, 0) is 67.3 Å². The van der Waals surface area contributed by atoms with E-state index in [-0.39, 0.29) is 29.4 Å². The maximum absolute atomic E-state index is 13.8. The van der Waals surface area contributed by atoms with Crippen molar-refractivity contribution in [3.63, 3.8) is 0 Å². The molecular weight excluding hydrogens is 588 g/mol. The van der Waals surface area contributed by atoms with Crippen molar-refractivity contribution >= 4 is 35.4 Å². The molecular formula is C34H38N6O6. The van der Waals surface area contributed by atoms with Gasteiger partial charge in [0, 0.05) is 59.7 Å². The molecule has 5 rings (SSSR count). The maximum Gasteiger partial charge on any atom is 0.357 e. The van der Waals surface area contributed by atoms with Crippen molar-refractivity contribution in [2.75, 3.05) is 58.4 Å². The number of esters is 1. The Bertz CT molecular complexity index is 1630. The van der Waals surface area contributed by atoms with Crippen molar-refractivity contribution in [1.29, 1.82) is 5.41 Å². The van der Waals surface area contributed by atoms with Crippen LogP contribution in [0.4, 0.5) is 5.69 Å². The lowest BCUT2D eigenvalue weighted by Crippen LogP contribution is -2.38. The molecule has 0 atom stereocenters. The smallest absolute Gasteiger partial charge is 0.357 e. The zero-order valence-electron chi connectivity index (χ0n) is 25.8. The molecule has 1 saturated carbocycles. The number of carbonyl (C=O) groups is 3. The quantitative estimate of drug-likeness (QED) is 0.126. The number of morpholine rings is 1. The van der Waals surface area contributed by atoms with Crippen LogP contribution in [0.15, 0.2) is 55.1 Å². The summed E-state index contributed by atoms with van der Waals surface area (Å²) in [5.41, 5.74) is 7.92. The Labute approximate surface area is 267 Å². The molecule has 0 radical (unpaired) electrons. The number of carbonyl (C=O) groups excluding carboxylic acids is 3. The number of hydrogen-bond acceptors (Lipinski definition) is 9. The summed E-state index contributed by atoms with van der Waals surface area (Å²) in [5, 5.41) is 13.4. The van der Waals surface area contributed by atoms with Gasteiger partial charge in [0.25, 0.3) is 11.8 Å². The summed E-state index contributed by atoms with van der Waals surface area (Å²) in [6.45, 7) is 7.73. The third kappa shape index (κ3) is 7.95. The zero-order chi connectivity index (χ0) is 32.6. The number of rotatable bonds is 13. The van der Waals surface area contributed by atoms with Crippen molar-refractivity contribution in [2.45, 2.75) is 12.8 Å². The van der Waals surface area contributed by atoms with Crippen molar-refractivity contribution < 1.29 is 28.6 Å². The number of aromatic nitrogens is 1. The summed E-state index contributed by atoms with van der Waals surface area (Å²) < 4.78 is 16.7. The molecule has 1 aliphatic carbocycles. The fourth-order valence-corrected chi connectivity index (χ4v) is 5.04. The molecule has 12 nitrogen and oxygen atoms in total. The zero-order valence-corrected chi connectivity index (χ0v) is 25.8. The number of ether oxygens (including phenoxy) is 3. The van der Waals surface area contributed by atoms with Gasteiger partial charge >= 0.3 is 5.97 Å². The van der Waals surface area contributed by atoms with Crippen LogP contribution in [0.3, 0.4) is 0 Å². The lowest BCUT2D eigenvalue weighted by atomic mass is 9.94. The van der Waals surface area contributed by atoms with Gasteiger partial charge in [-0.1, -0.05) is 12.7 Å². The Balaban J connectivity index is 1.51. The Morgan fingerprint density at radius 1 is 1.09 bits per heavy atom. The Hall–Kier alpha value is -5.07. The highest BCUT2D eigenvalue weighted by Crippen LogP contribution is 2.35. The topological polar surface area (TPSA) is 169 Å². The largest absolute Gasteiger partial charge is 0.496 e. The van der Waals surface area contributed by atoms with Gasteiger partial charge < -0.3 is 30.6 Å². The predicted octanol–water partition coefficient (Wildman–Crippen LogP) is 3.57. The summed E-state index contributed by atoms with van der Waals surface area (Å²) >= 11 is 0. The lowest BCUT2D eigenvalue weighted by Gasteiger charge is -2.26. The van der Waals surface area contributed by atoms with E-state index in [9.17, 15) is 14.4 Å². The van der Waals surface area contributed by atoms with E-state index in [1.807, 2.05) is 0 Å². The van der Waals surface area contributed by atoms with Crippen molar-refractivity contribution in [3.05, 3.63) is 83.2 Å². The molecule has 1 saturated heterocycles. The molecule has 0 bridgehead atoms. The molecule has 1 aromatic heterocycles. The summed E-state index contributed by atoms with van der Waals surface area (Å²) in [6, 6.07) is 12.9. The highest BCUT2D eigenvalue weighted by molar-refractivity contribution is 6.11. The van der Waals surface area contributed by atoms with Crippen molar-refractivity contribution in [2.24, 2.45) is 11.7 Å². The third-order valence-corrected chi connectivity index (χ3v) is 7.89. The number of hydrogen-bond donors (Lipinski definition) is 4. The number of amides is 2. The first-order valence-electron chi connectivity index (χ1n) is 15.1. The van der Waals surface area contributed by atoms with Gasteiger partial charge in [-0.3, -0.25) is 19.9 Å². The van der Waals surface area contributed by atoms with Crippen molar-refractivity contribution in [1.82, 2.24) is 15.2 Å². The fraction of sp³-hybridized carbons (Fsp3) is 0.324. The van der Waals surface area contributed by atoms with Gasteiger partial charge in [-0.2, -0.15) is 0 Å². The lowest BCUT2D eigenvalue weighted by molar-refractivity contribution is 0.0193. The molecule has 2 heterocycles. The average Bonchev–Trinajstić information content (AvgIpc) is 3.91. The Morgan fingerprint density at radius 3 is 2.48 bits per heavy atom. The molecule has 2 amide bonds. The normalized spacial score (nSPS) is 14.6. The predicted molar refractivity (Wildman–Crippen MR) is 174 cm³/mol. The first-order chi connectivity index (χ1) is 22.3. The SMILES string of the molecule is C=Cc1cc(C(=O)Nc2ccc(C(=N)N)cc2)c(-c2ccc(C(=O)NCC3CC3)nc2C(=O)OCCN2CCOCC2)cc1OC. The van der Waals surface area contributed by atoms with E-state index in [0.29, 0.717) is 65.9 Å². The first kappa shape index (κ1) is 32.3. The molecule has 0 unspecified atom stereocenters. The number of nitrogens with one attached hydrogen (secondary N) is 3. The Morgan fingerprint density at radius 2 is 1.83 bits per heavy atom. The number of benzene rings is 2. The number of nitrogens with two attached hydrogens (primary N) is 1. The average molecular weight is 627 g/mol. The molecule has 46 heavy (non-hydrogen) atoms. The highest BCUT2D eigenvalue weighted by Gasteiger charge is 2.26. The molecule has 5 N–H and O–H groups in total. The van der Waals surface area contributed by atoms with E-state index < -0.39 is 17.8 Å². The van der Waals surface area contributed by atoms with E-state index in [4.69, 9.17) is 25.4 Å². The second-order valence-electron chi connectivity index (χ2n) is 11.1. The number of amidine groups is 1. The monoisotopic (exact) mass is 626 g/mol. The minimum atomic E-state index is -0.724. The van der Waals surface area contributed by atoms with Crippen LogP contribution in [0.2, 0.25) is 0 Å². The van der Waals surface area contributed by atoms with E-state index in [0.717, 1.165) is 25.9 Å². The number of methoxy groups -OCH3 is 1. The third-order valence-electron chi connectivity index (χ3n) is 7.89. The van der Waals surface area contributed by atoms with Crippen LogP contribution in [0.25, 0.3) is 17.2 Å². The van der Waals surface area contributed by atoms with Crippen LogP contribution in [0.1, 0.15) is 55.3 Å². The van der Waals surface area contributed by atoms with Crippen LogP contribution in [-0.4, -0.2) is 86.6 Å². The van der Waals surface area contributed by atoms with E-state index >= 15 is 0 Å². The van der Waals surface area contributed by atoms with Crippen LogP contribution < -0.4 is 21.1 Å². The molecule has 2 fully saturated rings. The molecule has 12 heteroatoms. The molecule has 2 aromatic carbocycles. The summed E-state index contributed by atoms with van der Waals surface area (Å²) in [6.07, 6.45) is 3.71. The van der Waals surface area contributed by atoms with Crippen LogP contribution in [0.5, 0.6) is 5.75 Å². The first-order valence-corrected chi connectivity index (χ1v) is 15.1. The molecule has 2 aliphatic rings. The van der Waals surface area contributed by atoms with Gasteiger partial charge in [-0.25, -0.2) is 9.78 Å². The number of pyridine rings is 1. The number of anilines is 1. The minimum absolute atomic E-state index is 0.0655. The summed E-state index contributed by atoms with van der Waals surface area (Å²) in [5.74, 6) is -0.805. The van der Waals surface area contributed by atoms with E-state index in [2.05, 4.69) is 27.1 Å². The van der Waals surface area contributed by atoms with Gasteiger partial charge in [0.05, 0.1) is 20.3 Å². The maximum atomic E-state index is 13.8. The molecule has 1 aliphatic heterocycles. The van der Waals surface area contributed by atoms with Gasteiger partial charge in [0.15, 0.2) is 5.69 Å². The van der Waals surface area contributed by atoms with Crippen LogP contribution in [-0.2, 0) is 9.47 Å². The highest BCUT2D eigenvalue weighted by atomic mass is 16.5. The van der Waals surface area contributed by atoms with E-state index in [1.165, 1.54) is 13.2 Å². The minimum Gasteiger partial charge on any atom is -0.496 e. The van der Waals surface area contributed by atoms with E-state index in [1.54, 1.807) is 48.5 Å². The van der Waals surface area contributed by atoms with Crippen molar-refractivity contribution in [3.8, 4) is 16.9 Å². The Kier molecular flexibility index (Phi) is 10.4. The standard InChI is InChI=1S/C34H38N6O6/c1-3-22-18-27(32(41)38-24-8-6-23(7-9-24)31(35)36)26(19-29(22)44-2)25-10-11-28(33(42)37-20-21-4-5-21)39-30(25)34(43)46-17-14-40-12-15-45-16-13-40/h3,6-11,18-19,21H,1,4-5,12-17,20H2,2H3,(H3,35,36)(H,37,42)(H,38,41). The molecule has 240 valence electrons. The second kappa shape index (κ2) is 14.8.